The van der Waals surface area contributed by atoms with E-state index in [0.29, 0.717) is 0 Å². The van der Waals surface area contributed by atoms with Crippen molar-refractivity contribution < 1.29 is 9.90 Å². The van der Waals surface area contributed by atoms with Crippen LogP contribution in [0.5, 0.6) is 0 Å². The number of hydrogen-bond donors (Lipinski definition) is 1. The number of benzene rings is 2. The average molecular weight is 295 g/mol. The van der Waals surface area contributed by atoms with Gasteiger partial charge in [0.25, 0.3) is 0 Å². The van der Waals surface area contributed by atoms with E-state index in [1.807, 2.05) is 0 Å². The molecule has 3 rings (SSSR count). The van der Waals surface area contributed by atoms with E-state index in [0.717, 1.165) is 32.2 Å². The van der Waals surface area contributed by atoms with E-state index in [1.165, 1.54) is 22.5 Å². The van der Waals surface area contributed by atoms with Crippen molar-refractivity contribution >= 4 is 17.3 Å². The molecule has 0 saturated heterocycles. The maximum Gasteiger partial charge on any atom is 0.303 e. The minimum Gasteiger partial charge on any atom is -0.481 e. The summed E-state index contributed by atoms with van der Waals surface area (Å²) in [5.74, 6) is -0.700. The molecule has 2 aromatic carbocycles. The summed E-state index contributed by atoms with van der Waals surface area (Å²) in [6.07, 6.45) is 3.98. The maximum absolute atomic E-state index is 10.6. The van der Waals surface area contributed by atoms with Gasteiger partial charge in [0.1, 0.15) is 0 Å². The van der Waals surface area contributed by atoms with Gasteiger partial charge in [0.05, 0.1) is 0 Å². The van der Waals surface area contributed by atoms with Gasteiger partial charge in [-0.2, -0.15) is 0 Å². The fourth-order valence-electron chi connectivity index (χ4n) is 3.15. The first kappa shape index (κ1) is 14.6. The fraction of sp³-hybridized carbons (Fsp3) is 0.316. The summed E-state index contributed by atoms with van der Waals surface area (Å²) in [6.45, 7) is 0.938. The number of fused-ring (bicyclic) bond motifs is 2. The van der Waals surface area contributed by atoms with Crippen molar-refractivity contribution in [3.63, 3.8) is 0 Å². The molecule has 2 aromatic rings. The van der Waals surface area contributed by atoms with Crippen LogP contribution >= 0.6 is 0 Å². The van der Waals surface area contributed by atoms with Crippen LogP contribution in [0.3, 0.4) is 0 Å². The number of rotatable bonds is 6. The number of carboxylic acid groups (broad SMARTS) is 1. The molecule has 1 aliphatic heterocycles. The quantitative estimate of drug-likeness (QED) is 0.804. The van der Waals surface area contributed by atoms with Crippen LogP contribution in [-0.2, 0) is 11.2 Å². The van der Waals surface area contributed by atoms with Crippen LogP contribution in [-0.4, -0.2) is 17.6 Å². The van der Waals surface area contributed by atoms with Crippen molar-refractivity contribution in [1.82, 2.24) is 0 Å². The summed E-state index contributed by atoms with van der Waals surface area (Å²) < 4.78 is 0. The Hall–Kier alpha value is -2.29. The molecule has 0 radical (unpaired) electrons. The predicted molar refractivity (Wildman–Crippen MR) is 88.8 cm³/mol. The molecule has 0 saturated carbocycles. The first-order chi connectivity index (χ1) is 10.8. The molecule has 3 heteroatoms. The predicted octanol–water partition coefficient (Wildman–Crippen LogP) is 4.37. The highest BCUT2D eigenvalue weighted by molar-refractivity contribution is 5.74. The highest BCUT2D eigenvalue weighted by Gasteiger charge is 2.21. The van der Waals surface area contributed by atoms with Gasteiger partial charge in [-0.15, -0.1) is 0 Å². The second-order valence-electron chi connectivity index (χ2n) is 5.79. The van der Waals surface area contributed by atoms with Gasteiger partial charge in [0.2, 0.25) is 0 Å². The highest BCUT2D eigenvalue weighted by Crippen LogP contribution is 2.38. The van der Waals surface area contributed by atoms with Crippen molar-refractivity contribution in [2.75, 3.05) is 11.4 Å². The van der Waals surface area contributed by atoms with Crippen molar-refractivity contribution in [1.29, 1.82) is 0 Å². The number of carboxylic acids is 1. The molecule has 1 heterocycles. The third-order valence-electron chi connectivity index (χ3n) is 4.22. The van der Waals surface area contributed by atoms with E-state index in [2.05, 4.69) is 53.4 Å². The van der Waals surface area contributed by atoms with Crippen molar-refractivity contribution in [3.05, 3.63) is 59.7 Å². The summed E-state index contributed by atoms with van der Waals surface area (Å²) >= 11 is 0. The van der Waals surface area contributed by atoms with E-state index in [1.54, 1.807) is 0 Å². The Labute approximate surface area is 131 Å². The summed E-state index contributed by atoms with van der Waals surface area (Å²) in [5.41, 5.74) is 5.32. The maximum atomic E-state index is 10.6. The molecule has 3 nitrogen and oxygen atoms in total. The van der Waals surface area contributed by atoms with Gasteiger partial charge >= 0.3 is 5.97 Å². The van der Waals surface area contributed by atoms with Gasteiger partial charge in [-0.1, -0.05) is 42.8 Å². The summed E-state index contributed by atoms with van der Waals surface area (Å²) in [5, 5.41) is 8.71. The van der Waals surface area contributed by atoms with Crippen molar-refractivity contribution in [3.8, 4) is 0 Å². The Balaban J connectivity index is 1.74. The molecule has 0 atom stereocenters. The molecule has 0 fully saturated rings. The number of unbranched alkanes of at least 4 members (excludes halogenated alkanes) is 2. The Morgan fingerprint density at radius 1 is 0.909 bits per heavy atom. The lowest BCUT2D eigenvalue weighted by Crippen LogP contribution is -2.24. The molecular weight excluding hydrogens is 274 g/mol. The van der Waals surface area contributed by atoms with Crippen molar-refractivity contribution in [2.45, 2.75) is 32.1 Å². The van der Waals surface area contributed by atoms with E-state index in [9.17, 15) is 4.79 Å². The molecule has 0 bridgehead atoms. The van der Waals surface area contributed by atoms with Crippen LogP contribution in [0.4, 0.5) is 11.4 Å². The number of aliphatic carboxylic acids is 1. The zero-order valence-corrected chi connectivity index (χ0v) is 12.7. The minimum atomic E-state index is -0.700. The molecule has 0 aliphatic carbocycles. The third-order valence-corrected chi connectivity index (χ3v) is 4.22. The lowest BCUT2D eigenvalue weighted by atomic mass is 9.95. The van der Waals surface area contributed by atoms with E-state index in [4.69, 9.17) is 5.11 Å². The number of carbonyl (C=O) groups is 1. The standard InChI is InChI=1S/C19H21NO2/c21-19(22)12-2-1-7-13-20-17-10-5-3-8-15(17)14-16-9-4-6-11-18(16)20/h3-6,8-11H,1-2,7,12-14H2,(H,21,22). The Morgan fingerprint density at radius 3 is 2.09 bits per heavy atom. The monoisotopic (exact) mass is 295 g/mol. The van der Waals surface area contributed by atoms with Gasteiger partial charge in [-0.05, 0) is 36.1 Å². The first-order valence-electron chi connectivity index (χ1n) is 7.91. The average Bonchev–Trinajstić information content (AvgIpc) is 2.53. The fourth-order valence-corrected chi connectivity index (χ4v) is 3.15. The van der Waals surface area contributed by atoms with Gasteiger partial charge in [-0.3, -0.25) is 4.79 Å². The number of para-hydroxylation sites is 2. The van der Waals surface area contributed by atoms with Gasteiger partial charge in [0, 0.05) is 30.8 Å². The zero-order valence-electron chi connectivity index (χ0n) is 12.7. The lowest BCUT2D eigenvalue weighted by Gasteiger charge is -2.33. The summed E-state index contributed by atoms with van der Waals surface area (Å²) in [7, 11) is 0. The molecule has 0 spiro atoms. The van der Waals surface area contributed by atoms with Gasteiger partial charge in [0.15, 0.2) is 0 Å². The Kier molecular flexibility index (Phi) is 4.42. The van der Waals surface area contributed by atoms with Crippen LogP contribution in [0.15, 0.2) is 48.5 Å². The van der Waals surface area contributed by atoms with Crippen LogP contribution < -0.4 is 4.90 Å². The minimum absolute atomic E-state index is 0.271. The lowest BCUT2D eigenvalue weighted by molar-refractivity contribution is -0.137. The topological polar surface area (TPSA) is 40.5 Å². The summed E-state index contributed by atoms with van der Waals surface area (Å²) in [6, 6.07) is 17.1. The smallest absolute Gasteiger partial charge is 0.303 e. The third kappa shape index (κ3) is 3.14. The van der Waals surface area contributed by atoms with E-state index >= 15 is 0 Å². The van der Waals surface area contributed by atoms with Crippen LogP contribution in [0.2, 0.25) is 0 Å². The Bertz CT molecular complexity index is 620. The van der Waals surface area contributed by atoms with Gasteiger partial charge in [-0.25, -0.2) is 0 Å². The molecule has 1 N–H and O–H groups in total. The van der Waals surface area contributed by atoms with Crippen molar-refractivity contribution in [2.24, 2.45) is 0 Å². The largest absolute Gasteiger partial charge is 0.481 e. The van der Waals surface area contributed by atoms with Gasteiger partial charge < -0.3 is 10.0 Å². The summed E-state index contributed by atoms with van der Waals surface area (Å²) in [4.78, 5) is 13.0. The van der Waals surface area contributed by atoms with Crippen LogP contribution in [0.1, 0.15) is 36.8 Å². The molecule has 0 amide bonds. The van der Waals surface area contributed by atoms with Crippen LogP contribution in [0, 0.1) is 0 Å². The molecule has 22 heavy (non-hydrogen) atoms. The SMILES string of the molecule is O=C(O)CCCCCN1c2ccccc2Cc2ccccc21. The normalized spacial score (nSPS) is 12.6. The zero-order chi connectivity index (χ0) is 15.4. The molecule has 0 unspecified atom stereocenters. The molecular formula is C19H21NO2. The number of nitrogens with zero attached hydrogens (tertiary/aromatic N) is 1. The van der Waals surface area contributed by atoms with E-state index < -0.39 is 5.97 Å². The molecule has 0 aromatic heterocycles. The second-order valence-corrected chi connectivity index (χ2v) is 5.79. The first-order valence-corrected chi connectivity index (χ1v) is 7.91. The number of hydrogen-bond acceptors (Lipinski definition) is 2. The van der Waals surface area contributed by atoms with E-state index in [-0.39, 0.29) is 6.42 Å². The second kappa shape index (κ2) is 6.65. The molecule has 1 aliphatic rings. The van der Waals surface area contributed by atoms with Crippen LogP contribution in [0.25, 0.3) is 0 Å². The molecule has 114 valence electrons. The Morgan fingerprint density at radius 2 is 1.50 bits per heavy atom. The highest BCUT2D eigenvalue weighted by atomic mass is 16.4. The number of anilines is 2.